The zero-order valence-corrected chi connectivity index (χ0v) is 13.1. The third kappa shape index (κ3) is 3.65. The molecule has 23 heavy (non-hydrogen) atoms. The monoisotopic (exact) mass is 313 g/mol. The van der Waals surface area contributed by atoms with Crippen molar-refractivity contribution in [2.45, 2.75) is 32.9 Å². The number of aromatic amines is 1. The lowest BCUT2D eigenvalue weighted by Crippen LogP contribution is -2.38. The van der Waals surface area contributed by atoms with Gasteiger partial charge in [-0.2, -0.15) is 5.10 Å². The first-order valence-corrected chi connectivity index (χ1v) is 7.52. The van der Waals surface area contributed by atoms with Crippen molar-refractivity contribution in [1.82, 2.24) is 30.0 Å². The lowest BCUT2D eigenvalue weighted by atomic mass is 10.3. The number of rotatable bonds is 5. The summed E-state index contributed by atoms with van der Waals surface area (Å²) in [5.74, 6) is 0.933. The normalized spacial score (nSPS) is 12.3. The van der Waals surface area contributed by atoms with Crippen LogP contribution in [0.25, 0.3) is 11.0 Å². The number of hydrogen-bond acceptors (Lipinski definition) is 4. The fraction of sp³-hybridized carbons (Fsp3) is 0.333. The van der Waals surface area contributed by atoms with Crippen molar-refractivity contribution < 1.29 is 4.79 Å². The van der Waals surface area contributed by atoms with Crippen LogP contribution in [0, 0.1) is 0 Å². The Hall–Kier alpha value is -2.90. The zero-order chi connectivity index (χ0) is 16.2. The van der Waals surface area contributed by atoms with Crippen LogP contribution in [0.15, 0.2) is 30.9 Å². The van der Waals surface area contributed by atoms with Crippen molar-refractivity contribution in [3.05, 3.63) is 36.7 Å². The molecular weight excluding hydrogens is 294 g/mol. The molecule has 8 heteroatoms. The van der Waals surface area contributed by atoms with Crippen LogP contribution in [0.5, 0.6) is 0 Å². The van der Waals surface area contributed by atoms with Gasteiger partial charge in [0.05, 0.1) is 17.6 Å². The molecule has 0 aliphatic rings. The Bertz CT molecular complexity index is 793. The number of urea groups is 1. The number of imidazole rings is 1. The van der Waals surface area contributed by atoms with Crippen LogP contribution in [-0.4, -0.2) is 36.8 Å². The van der Waals surface area contributed by atoms with E-state index in [-0.39, 0.29) is 12.1 Å². The van der Waals surface area contributed by atoms with Crippen molar-refractivity contribution in [3.63, 3.8) is 0 Å². The van der Waals surface area contributed by atoms with Gasteiger partial charge in [0.25, 0.3) is 0 Å². The van der Waals surface area contributed by atoms with Crippen molar-refractivity contribution in [1.29, 1.82) is 0 Å². The van der Waals surface area contributed by atoms with E-state index in [0.29, 0.717) is 12.2 Å². The molecule has 0 aliphatic heterocycles. The van der Waals surface area contributed by atoms with Crippen molar-refractivity contribution in [2.75, 3.05) is 5.32 Å². The Balaban J connectivity index is 1.60. The molecule has 2 heterocycles. The van der Waals surface area contributed by atoms with Gasteiger partial charge < -0.3 is 15.6 Å². The molecule has 0 saturated carbocycles. The average Bonchev–Trinajstić information content (AvgIpc) is 3.15. The topological polar surface area (TPSA) is 101 Å². The van der Waals surface area contributed by atoms with E-state index in [2.05, 4.69) is 30.7 Å². The Morgan fingerprint density at radius 1 is 1.43 bits per heavy atom. The highest BCUT2D eigenvalue weighted by Gasteiger charge is 2.09. The summed E-state index contributed by atoms with van der Waals surface area (Å²) in [5.41, 5.74) is 2.52. The summed E-state index contributed by atoms with van der Waals surface area (Å²) in [6, 6.07) is 5.28. The smallest absolute Gasteiger partial charge is 0.319 e. The SMILES string of the molecule is CCc1nc2ccc(NC(=O)NC(C)Cn3cncn3)cc2[nH]1. The molecule has 3 rings (SSSR count). The Morgan fingerprint density at radius 3 is 3.04 bits per heavy atom. The first-order chi connectivity index (χ1) is 11.1. The number of benzene rings is 1. The van der Waals surface area contributed by atoms with Gasteiger partial charge in [-0.05, 0) is 25.1 Å². The Kier molecular flexibility index (Phi) is 4.22. The highest BCUT2D eigenvalue weighted by atomic mass is 16.2. The Morgan fingerprint density at radius 2 is 2.30 bits per heavy atom. The summed E-state index contributed by atoms with van der Waals surface area (Å²) in [6.07, 6.45) is 3.93. The number of fused-ring (bicyclic) bond motifs is 1. The molecule has 8 nitrogen and oxygen atoms in total. The van der Waals surface area contributed by atoms with Gasteiger partial charge >= 0.3 is 6.03 Å². The number of nitrogens with one attached hydrogen (secondary N) is 3. The number of hydrogen-bond donors (Lipinski definition) is 3. The molecule has 0 bridgehead atoms. The second-order valence-corrected chi connectivity index (χ2v) is 5.39. The van der Waals surface area contributed by atoms with E-state index in [1.54, 1.807) is 11.0 Å². The van der Waals surface area contributed by atoms with Gasteiger partial charge in [-0.15, -0.1) is 0 Å². The van der Waals surface area contributed by atoms with E-state index in [4.69, 9.17) is 0 Å². The minimum atomic E-state index is -0.257. The number of amides is 2. The molecule has 120 valence electrons. The van der Waals surface area contributed by atoms with E-state index < -0.39 is 0 Å². The standard InChI is InChI=1S/C15H19N7O/c1-3-14-20-12-5-4-11(6-13(12)21-14)19-15(23)18-10(2)7-22-9-16-8-17-22/h4-6,8-10H,3,7H2,1-2H3,(H,20,21)(H2,18,19,23). The van der Waals surface area contributed by atoms with E-state index in [1.165, 1.54) is 6.33 Å². The predicted octanol–water partition coefficient (Wildman–Crippen LogP) is 1.93. The summed E-state index contributed by atoms with van der Waals surface area (Å²) < 4.78 is 1.67. The van der Waals surface area contributed by atoms with Crippen LogP contribution >= 0.6 is 0 Å². The number of aromatic nitrogens is 5. The van der Waals surface area contributed by atoms with E-state index >= 15 is 0 Å². The van der Waals surface area contributed by atoms with Crippen LogP contribution in [0.2, 0.25) is 0 Å². The quantitative estimate of drug-likeness (QED) is 0.670. The highest BCUT2D eigenvalue weighted by molar-refractivity contribution is 5.92. The maximum absolute atomic E-state index is 12.1. The fourth-order valence-corrected chi connectivity index (χ4v) is 2.35. The lowest BCUT2D eigenvalue weighted by Gasteiger charge is -2.14. The van der Waals surface area contributed by atoms with Crippen LogP contribution < -0.4 is 10.6 Å². The second-order valence-electron chi connectivity index (χ2n) is 5.39. The maximum Gasteiger partial charge on any atom is 0.319 e. The minimum Gasteiger partial charge on any atom is -0.342 e. The van der Waals surface area contributed by atoms with Crippen LogP contribution in [0.4, 0.5) is 10.5 Å². The van der Waals surface area contributed by atoms with Gasteiger partial charge in [-0.25, -0.2) is 14.8 Å². The van der Waals surface area contributed by atoms with E-state index in [1.807, 2.05) is 32.0 Å². The molecule has 2 amide bonds. The van der Waals surface area contributed by atoms with Crippen molar-refractivity contribution in [3.8, 4) is 0 Å². The molecule has 2 aromatic heterocycles. The van der Waals surface area contributed by atoms with Gasteiger partial charge in [0.2, 0.25) is 0 Å². The molecule has 3 N–H and O–H groups in total. The summed E-state index contributed by atoms with van der Waals surface area (Å²) in [6.45, 7) is 4.51. The molecule has 0 saturated heterocycles. The third-order valence-electron chi connectivity index (χ3n) is 3.43. The third-order valence-corrected chi connectivity index (χ3v) is 3.43. The first kappa shape index (κ1) is 15.0. The van der Waals surface area contributed by atoms with Gasteiger partial charge in [0.15, 0.2) is 0 Å². The number of anilines is 1. The lowest BCUT2D eigenvalue weighted by molar-refractivity contribution is 0.247. The van der Waals surface area contributed by atoms with Crippen LogP contribution in [0.3, 0.4) is 0 Å². The molecule has 1 unspecified atom stereocenters. The van der Waals surface area contributed by atoms with Crippen molar-refractivity contribution >= 4 is 22.8 Å². The fourth-order valence-electron chi connectivity index (χ4n) is 2.35. The minimum absolute atomic E-state index is 0.0701. The highest BCUT2D eigenvalue weighted by Crippen LogP contribution is 2.17. The molecule has 0 spiro atoms. The van der Waals surface area contributed by atoms with Gasteiger partial charge in [0.1, 0.15) is 18.5 Å². The number of carbonyl (C=O) groups is 1. The van der Waals surface area contributed by atoms with Gasteiger partial charge in [-0.3, -0.25) is 4.68 Å². The molecule has 0 aliphatic carbocycles. The van der Waals surface area contributed by atoms with Crippen LogP contribution in [0.1, 0.15) is 19.7 Å². The second kappa shape index (κ2) is 6.47. The average molecular weight is 313 g/mol. The molecule has 1 aromatic carbocycles. The van der Waals surface area contributed by atoms with Gasteiger partial charge in [-0.1, -0.05) is 6.92 Å². The largest absolute Gasteiger partial charge is 0.342 e. The predicted molar refractivity (Wildman–Crippen MR) is 87.1 cm³/mol. The Labute approximate surface area is 133 Å². The van der Waals surface area contributed by atoms with E-state index in [0.717, 1.165) is 23.3 Å². The summed E-state index contributed by atoms with van der Waals surface area (Å²) in [5, 5.41) is 9.71. The molecular formula is C15H19N7O. The van der Waals surface area contributed by atoms with Crippen LogP contribution in [-0.2, 0) is 13.0 Å². The number of H-pyrrole nitrogens is 1. The van der Waals surface area contributed by atoms with E-state index in [9.17, 15) is 4.79 Å². The molecule has 3 aromatic rings. The maximum atomic E-state index is 12.1. The van der Waals surface area contributed by atoms with Crippen molar-refractivity contribution in [2.24, 2.45) is 0 Å². The summed E-state index contributed by atoms with van der Waals surface area (Å²) in [7, 11) is 0. The first-order valence-electron chi connectivity index (χ1n) is 7.52. The summed E-state index contributed by atoms with van der Waals surface area (Å²) in [4.78, 5) is 23.6. The number of aryl methyl sites for hydroxylation is 1. The summed E-state index contributed by atoms with van der Waals surface area (Å²) >= 11 is 0. The molecule has 0 fully saturated rings. The molecule has 1 atom stereocenters. The zero-order valence-electron chi connectivity index (χ0n) is 13.1. The number of carbonyl (C=O) groups excluding carboxylic acids is 1. The number of nitrogens with zero attached hydrogens (tertiary/aromatic N) is 4. The van der Waals surface area contributed by atoms with Gasteiger partial charge in [0, 0.05) is 18.2 Å². The molecule has 0 radical (unpaired) electrons.